The van der Waals surface area contributed by atoms with Gasteiger partial charge in [0.15, 0.2) is 15.5 Å². The fourth-order valence-electron chi connectivity index (χ4n) is 3.24. The van der Waals surface area contributed by atoms with E-state index in [4.69, 9.17) is 0 Å². The van der Waals surface area contributed by atoms with Crippen molar-refractivity contribution in [1.82, 2.24) is 28.9 Å². The van der Waals surface area contributed by atoms with Crippen molar-refractivity contribution < 1.29 is 0 Å². The van der Waals surface area contributed by atoms with E-state index in [1.807, 2.05) is 6.07 Å². The SMILES string of the molecule is Cc1ccc(Nc2nnc(SCCCn3c(=O)c4c(ncn4C)n(C)c3=O)s2)cc1C. The van der Waals surface area contributed by atoms with Gasteiger partial charge in [0, 0.05) is 32.1 Å². The Balaban J connectivity index is 1.38. The van der Waals surface area contributed by atoms with Gasteiger partial charge in [-0.3, -0.25) is 13.9 Å². The van der Waals surface area contributed by atoms with Gasteiger partial charge in [-0.25, -0.2) is 9.78 Å². The number of aromatic nitrogens is 6. The van der Waals surface area contributed by atoms with Crippen LogP contribution in [-0.4, -0.2) is 34.6 Å². The van der Waals surface area contributed by atoms with Gasteiger partial charge in [0.2, 0.25) is 5.13 Å². The van der Waals surface area contributed by atoms with E-state index < -0.39 is 0 Å². The van der Waals surface area contributed by atoms with Crippen LogP contribution in [-0.2, 0) is 20.6 Å². The molecule has 31 heavy (non-hydrogen) atoms. The van der Waals surface area contributed by atoms with Gasteiger partial charge in [-0.2, -0.15) is 0 Å². The zero-order valence-corrected chi connectivity index (χ0v) is 19.4. The van der Waals surface area contributed by atoms with Crippen LogP contribution in [0.4, 0.5) is 10.8 Å². The number of hydrogen-bond acceptors (Lipinski definition) is 8. The molecule has 1 N–H and O–H groups in total. The third kappa shape index (κ3) is 4.28. The van der Waals surface area contributed by atoms with Gasteiger partial charge in [-0.15, -0.1) is 10.2 Å². The average molecular weight is 458 g/mol. The maximum absolute atomic E-state index is 12.7. The molecule has 11 heteroatoms. The van der Waals surface area contributed by atoms with Gasteiger partial charge >= 0.3 is 5.69 Å². The van der Waals surface area contributed by atoms with Gasteiger partial charge in [0.05, 0.1) is 6.33 Å². The Bertz CT molecular complexity index is 1370. The molecule has 1 aromatic carbocycles. The van der Waals surface area contributed by atoms with Crippen molar-refractivity contribution in [1.29, 1.82) is 0 Å². The molecule has 0 radical (unpaired) electrons. The minimum atomic E-state index is -0.350. The van der Waals surface area contributed by atoms with Crippen LogP contribution in [0, 0.1) is 13.8 Å². The summed E-state index contributed by atoms with van der Waals surface area (Å²) >= 11 is 3.05. The Kier molecular flexibility index (Phi) is 5.96. The van der Waals surface area contributed by atoms with E-state index in [9.17, 15) is 9.59 Å². The molecule has 9 nitrogen and oxygen atoms in total. The molecule has 0 bridgehead atoms. The topological polar surface area (TPSA) is 99.6 Å². The molecule has 4 aromatic rings. The normalized spacial score (nSPS) is 11.4. The lowest BCUT2D eigenvalue weighted by atomic mass is 10.1. The van der Waals surface area contributed by atoms with Crippen molar-refractivity contribution in [3.05, 3.63) is 56.5 Å². The quantitative estimate of drug-likeness (QED) is 0.336. The van der Waals surface area contributed by atoms with Crippen LogP contribution >= 0.6 is 23.1 Å². The molecule has 0 saturated heterocycles. The fourth-order valence-corrected chi connectivity index (χ4v) is 5.00. The summed E-state index contributed by atoms with van der Waals surface area (Å²) in [7, 11) is 3.38. The molecule has 3 aromatic heterocycles. The van der Waals surface area contributed by atoms with Crippen LogP contribution in [0.25, 0.3) is 11.2 Å². The monoisotopic (exact) mass is 457 g/mol. The Hall–Kier alpha value is -2.92. The molecule has 0 unspecified atom stereocenters. The minimum absolute atomic E-state index is 0.307. The zero-order chi connectivity index (χ0) is 22.1. The molecule has 3 heterocycles. The van der Waals surface area contributed by atoms with E-state index in [-0.39, 0.29) is 11.2 Å². The molecule has 0 spiro atoms. The Labute approximate surface area is 186 Å². The zero-order valence-electron chi connectivity index (χ0n) is 17.7. The number of hydrogen-bond donors (Lipinski definition) is 1. The maximum atomic E-state index is 12.7. The first-order valence-electron chi connectivity index (χ1n) is 9.76. The highest BCUT2D eigenvalue weighted by Crippen LogP contribution is 2.28. The fraction of sp³-hybridized carbons (Fsp3) is 0.350. The maximum Gasteiger partial charge on any atom is 0.332 e. The molecule has 162 valence electrons. The van der Waals surface area contributed by atoms with Crippen molar-refractivity contribution in [2.24, 2.45) is 14.1 Å². The molecular weight excluding hydrogens is 434 g/mol. The molecular formula is C20H23N7O2S2. The Morgan fingerprint density at radius 3 is 2.71 bits per heavy atom. The number of benzene rings is 1. The minimum Gasteiger partial charge on any atom is -0.330 e. The number of nitrogens with zero attached hydrogens (tertiary/aromatic N) is 6. The number of anilines is 2. The van der Waals surface area contributed by atoms with E-state index in [0.29, 0.717) is 24.1 Å². The Morgan fingerprint density at radius 1 is 1.13 bits per heavy atom. The summed E-state index contributed by atoms with van der Waals surface area (Å²) in [6.45, 7) is 4.50. The van der Waals surface area contributed by atoms with Crippen LogP contribution in [0.1, 0.15) is 17.5 Å². The highest BCUT2D eigenvalue weighted by Gasteiger charge is 2.14. The smallest absolute Gasteiger partial charge is 0.330 e. The third-order valence-electron chi connectivity index (χ3n) is 5.12. The second kappa shape index (κ2) is 8.67. The predicted molar refractivity (Wildman–Crippen MR) is 125 cm³/mol. The second-order valence-electron chi connectivity index (χ2n) is 7.33. The summed E-state index contributed by atoms with van der Waals surface area (Å²) in [6, 6.07) is 6.18. The van der Waals surface area contributed by atoms with E-state index in [0.717, 1.165) is 20.9 Å². The number of thioether (sulfide) groups is 1. The van der Waals surface area contributed by atoms with E-state index in [1.54, 1.807) is 36.8 Å². The van der Waals surface area contributed by atoms with Gasteiger partial charge in [-0.1, -0.05) is 29.2 Å². The van der Waals surface area contributed by atoms with Crippen LogP contribution in [0.3, 0.4) is 0 Å². The summed E-state index contributed by atoms with van der Waals surface area (Å²) in [5, 5.41) is 12.4. The van der Waals surface area contributed by atoms with Gasteiger partial charge in [-0.05, 0) is 43.5 Å². The van der Waals surface area contributed by atoms with E-state index >= 15 is 0 Å². The summed E-state index contributed by atoms with van der Waals surface area (Å²) < 4.78 is 5.18. The third-order valence-corrected chi connectivity index (χ3v) is 7.18. The lowest BCUT2D eigenvalue weighted by Gasteiger charge is -2.08. The van der Waals surface area contributed by atoms with Crippen LogP contribution in [0.5, 0.6) is 0 Å². The molecule has 0 aliphatic heterocycles. The predicted octanol–water partition coefficient (Wildman–Crippen LogP) is 2.83. The molecule has 0 fully saturated rings. The number of nitrogens with one attached hydrogen (secondary N) is 1. The second-order valence-corrected chi connectivity index (χ2v) is 9.64. The van der Waals surface area contributed by atoms with E-state index in [1.165, 1.54) is 31.6 Å². The van der Waals surface area contributed by atoms with Gasteiger partial charge in [0.25, 0.3) is 5.56 Å². The molecule has 0 aliphatic rings. The summed E-state index contributed by atoms with van der Waals surface area (Å²) in [5.74, 6) is 0.720. The van der Waals surface area contributed by atoms with E-state index in [2.05, 4.69) is 46.5 Å². The number of rotatable bonds is 7. The first kappa shape index (κ1) is 21.3. The standard InChI is InChI=1S/C20H23N7O2S2/c1-12-6-7-14(10-13(12)2)22-18-23-24-19(31-18)30-9-5-8-27-17(28)15-16(21-11-25(15)3)26(4)20(27)29/h6-7,10-11H,5,8-9H2,1-4H3,(H,22,23). The van der Waals surface area contributed by atoms with Crippen molar-refractivity contribution in [3.8, 4) is 0 Å². The Morgan fingerprint density at radius 2 is 1.94 bits per heavy atom. The summed E-state index contributed by atoms with van der Waals surface area (Å²) in [5.41, 5.74) is 3.62. The summed E-state index contributed by atoms with van der Waals surface area (Å²) in [6.07, 6.45) is 2.20. The first-order valence-corrected chi connectivity index (χ1v) is 11.6. The number of aryl methyl sites for hydroxylation is 4. The van der Waals surface area contributed by atoms with Crippen molar-refractivity contribution in [2.45, 2.75) is 31.2 Å². The van der Waals surface area contributed by atoms with Crippen molar-refractivity contribution in [2.75, 3.05) is 11.1 Å². The molecule has 0 aliphatic carbocycles. The van der Waals surface area contributed by atoms with Gasteiger partial charge in [0.1, 0.15) is 0 Å². The average Bonchev–Trinajstić information content (AvgIpc) is 3.35. The van der Waals surface area contributed by atoms with Crippen LogP contribution in [0.2, 0.25) is 0 Å². The largest absolute Gasteiger partial charge is 0.332 e. The number of fused-ring (bicyclic) bond motifs is 1. The van der Waals surface area contributed by atoms with Crippen LogP contribution < -0.4 is 16.6 Å². The first-order chi connectivity index (χ1) is 14.8. The van der Waals surface area contributed by atoms with Crippen molar-refractivity contribution >= 4 is 45.1 Å². The van der Waals surface area contributed by atoms with Crippen LogP contribution in [0.15, 0.2) is 38.5 Å². The molecule has 0 atom stereocenters. The molecule has 0 amide bonds. The summed E-state index contributed by atoms with van der Waals surface area (Å²) in [4.78, 5) is 29.4. The number of imidazole rings is 1. The highest BCUT2D eigenvalue weighted by molar-refractivity contribution is 8.01. The lowest BCUT2D eigenvalue weighted by Crippen LogP contribution is -2.39. The highest BCUT2D eigenvalue weighted by atomic mass is 32.2. The van der Waals surface area contributed by atoms with Gasteiger partial charge < -0.3 is 9.88 Å². The van der Waals surface area contributed by atoms with Crippen molar-refractivity contribution in [3.63, 3.8) is 0 Å². The lowest BCUT2D eigenvalue weighted by molar-refractivity contribution is 0.594. The molecule has 4 rings (SSSR count). The molecule has 0 saturated carbocycles.